The van der Waals surface area contributed by atoms with E-state index in [0.29, 0.717) is 6.61 Å². The average molecular weight is 313 g/mol. The second-order valence-corrected chi connectivity index (χ2v) is 5.92. The van der Waals surface area contributed by atoms with E-state index in [2.05, 4.69) is 29.0 Å². The summed E-state index contributed by atoms with van der Waals surface area (Å²) in [7, 11) is 2.14. The Hall–Kier alpha value is -2.14. The van der Waals surface area contributed by atoms with Crippen molar-refractivity contribution < 1.29 is 9.53 Å². The number of fused-ring (bicyclic) bond motifs is 1. The average Bonchev–Trinajstić information content (AvgIpc) is 2.55. The highest BCUT2D eigenvalue weighted by Crippen LogP contribution is 2.24. The molecule has 122 valence electrons. The first-order chi connectivity index (χ1) is 11.2. The third-order valence-electron chi connectivity index (χ3n) is 4.25. The van der Waals surface area contributed by atoms with Gasteiger partial charge in [-0.2, -0.15) is 0 Å². The van der Waals surface area contributed by atoms with E-state index in [9.17, 15) is 4.79 Å². The summed E-state index contributed by atoms with van der Waals surface area (Å²) < 4.78 is 5.09. The van der Waals surface area contributed by atoms with Gasteiger partial charge in [0, 0.05) is 31.6 Å². The third-order valence-corrected chi connectivity index (χ3v) is 4.25. The Balaban J connectivity index is 1.94. The van der Waals surface area contributed by atoms with Crippen molar-refractivity contribution in [2.24, 2.45) is 0 Å². The zero-order valence-electron chi connectivity index (χ0n) is 13.8. The molecule has 0 saturated carbocycles. The fourth-order valence-corrected chi connectivity index (χ4v) is 2.94. The van der Waals surface area contributed by atoms with Gasteiger partial charge in [0.1, 0.15) is 5.82 Å². The monoisotopic (exact) mass is 313 g/mol. The molecule has 0 atom stereocenters. The molecule has 0 spiro atoms. The van der Waals surface area contributed by atoms with Crippen LogP contribution in [0.5, 0.6) is 0 Å². The Kier molecular flexibility index (Phi) is 4.76. The zero-order chi connectivity index (χ0) is 16.2. The van der Waals surface area contributed by atoms with Gasteiger partial charge in [0.2, 0.25) is 0 Å². The molecule has 1 aromatic carbocycles. The summed E-state index contributed by atoms with van der Waals surface area (Å²) in [4.78, 5) is 21.3. The maximum absolute atomic E-state index is 11.9. The number of benzene rings is 1. The number of hydrogen-bond acceptors (Lipinski definition) is 5. The topological polar surface area (TPSA) is 45.7 Å². The van der Waals surface area contributed by atoms with Gasteiger partial charge in [-0.05, 0) is 25.4 Å². The molecule has 0 N–H and O–H groups in total. The van der Waals surface area contributed by atoms with Crippen molar-refractivity contribution in [3.63, 3.8) is 0 Å². The molecule has 0 aliphatic carbocycles. The molecule has 2 aromatic rings. The van der Waals surface area contributed by atoms with E-state index in [1.54, 1.807) is 0 Å². The number of piperazine rings is 1. The molecule has 0 bridgehead atoms. The molecule has 0 unspecified atom stereocenters. The molecule has 23 heavy (non-hydrogen) atoms. The Morgan fingerprint density at radius 2 is 1.96 bits per heavy atom. The van der Waals surface area contributed by atoms with E-state index < -0.39 is 0 Å². The van der Waals surface area contributed by atoms with Gasteiger partial charge < -0.3 is 14.5 Å². The fraction of sp³-hybridized carbons (Fsp3) is 0.444. The van der Waals surface area contributed by atoms with E-state index >= 15 is 0 Å². The summed E-state index contributed by atoms with van der Waals surface area (Å²) in [5.74, 6) is 0.733. The number of pyridine rings is 1. The van der Waals surface area contributed by atoms with Gasteiger partial charge in [-0.1, -0.05) is 24.3 Å². The van der Waals surface area contributed by atoms with Crippen LogP contribution in [-0.4, -0.2) is 55.7 Å². The number of anilines is 1. The van der Waals surface area contributed by atoms with Gasteiger partial charge in [-0.15, -0.1) is 0 Å². The minimum absolute atomic E-state index is 0.218. The highest BCUT2D eigenvalue weighted by atomic mass is 16.5. The summed E-state index contributed by atoms with van der Waals surface area (Å²) in [6, 6.07) is 10.2. The van der Waals surface area contributed by atoms with Crippen LogP contribution < -0.4 is 4.90 Å². The van der Waals surface area contributed by atoms with Gasteiger partial charge in [-0.3, -0.25) is 4.79 Å². The van der Waals surface area contributed by atoms with Crippen LogP contribution in [0, 0.1) is 0 Å². The Bertz CT molecular complexity index is 694. The highest BCUT2D eigenvalue weighted by molar-refractivity contribution is 5.89. The van der Waals surface area contributed by atoms with Gasteiger partial charge >= 0.3 is 5.97 Å². The molecule has 0 radical (unpaired) electrons. The van der Waals surface area contributed by atoms with Crippen LogP contribution in [0.25, 0.3) is 10.8 Å². The number of aromatic nitrogens is 1. The molecular weight excluding hydrogens is 290 g/mol. The quantitative estimate of drug-likeness (QED) is 0.809. The van der Waals surface area contributed by atoms with E-state index in [-0.39, 0.29) is 12.4 Å². The highest BCUT2D eigenvalue weighted by Gasteiger charge is 2.18. The molecule has 2 heterocycles. The van der Waals surface area contributed by atoms with Crippen molar-refractivity contribution in [2.45, 2.75) is 13.3 Å². The molecule has 0 amide bonds. The van der Waals surface area contributed by atoms with E-state index in [4.69, 9.17) is 9.72 Å². The van der Waals surface area contributed by atoms with E-state index in [1.165, 1.54) is 0 Å². The van der Waals surface area contributed by atoms with Crippen molar-refractivity contribution in [2.75, 3.05) is 44.7 Å². The van der Waals surface area contributed by atoms with Gasteiger partial charge in [-0.25, -0.2) is 4.98 Å². The van der Waals surface area contributed by atoms with Crippen molar-refractivity contribution in [1.82, 2.24) is 9.88 Å². The third kappa shape index (κ3) is 3.62. The van der Waals surface area contributed by atoms with Crippen molar-refractivity contribution in [1.29, 1.82) is 0 Å². The number of carbonyl (C=O) groups is 1. The molecule has 5 heteroatoms. The predicted molar refractivity (Wildman–Crippen MR) is 91.8 cm³/mol. The second kappa shape index (κ2) is 6.96. The number of rotatable bonds is 4. The fourth-order valence-electron chi connectivity index (χ4n) is 2.94. The minimum Gasteiger partial charge on any atom is -0.466 e. The number of nitrogens with zero attached hydrogens (tertiary/aromatic N) is 3. The number of hydrogen-bond donors (Lipinski definition) is 0. The normalized spacial score (nSPS) is 15.8. The van der Waals surface area contributed by atoms with Crippen LogP contribution in [0.1, 0.15) is 12.6 Å². The van der Waals surface area contributed by atoms with Gasteiger partial charge in [0.05, 0.1) is 18.7 Å². The molecule has 1 saturated heterocycles. The maximum atomic E-state index is 11.9. The molecule has 1 fully saturated rings. The SMILES string of the molecule is CCOC(=O)Cc1nc(N2CCN(C)CC2)cc2ccccc12. The first kappa shape index (κ1) is 15.7. The van der Waals surface area contributed by atoms with Crippen LogP contribution in [0.3, 0.4) is 0 Å². The molecule has 1 aromatic heterocycles. The van der Waals surface area contributed by atoms with Crippen LogP contribution in [0.4, 0.5) is 5.82 Å². The van der Waals surface area contributed by atoms with Crippen molar-refractivity contribution in [3.05, 3.63) is 36.0 Å². The summed E-state index contributed by atoms with van der Waals surface area (Å²) >= 11 is 0. The zero-order valence-corrected chi connectivity index (χ0v) is 13.8. The maximum Gasteiger partial charge on any atom is 0.311 e. The Morgan fingerprint density at radius 3 is 2.70 bits per heavy atom. The molecule has 5 nitrogen and oxygen atoms in total. The van der Waals surface area contributed by atoms with E-state index in [0.717, 1.165) is 48.5 Å². The standard InChI is InChI=1S/C18H23N3O2/c1-3-23-18(22)13-16-15-7-5-4-6-14(15)12-17(19-16)21-10-8-20(2)9-11-21/h4-7,12H,3,8-11,13H2,1-2H3. The van der Waals surface area contributed by atoms with Gasteiger partial charge in [0.25, 0.3) is 0 Å². The number of carbonyl (C=O) groups excluding carboxylic acids is 1. The summed E-state index contributed by atoms with van der Waals surface area (Å²) in [6.07, 6.45) is 0.218. The summed E-state index contributed by atoms with van der Waals surface area (Å²) in [5, 5.41) is 2.15. The first-order valence-electron chi connectivity index (χ1n) is 8.15. The van der Waals surface area contributed by atoms with Crippen molar-refractivity contribution >= 4 is 22.6 Å². The molecule has 3 rings (SSSR count). The number of likely N-dealkylation sites (N-methyl/N-ethyl adjacent to an activating group) is 1. The summed E-state index contributed by atoms with van der Waals surface area (Å²) in [6.45, 7) is 6.20. The molecule has 1 aliphatic heterocycles. The number of ether oxygens (including phenoxy) is 1. The largest absolute Gasteiger partial charge is 0.466 e. The second-order valence-electron chi connectivity index (χ2n) is 5.92. The molecule has 1 aliphatic rings. The molecular formula is C18H23N3O2. The Morgan fingerprint density at radius 1 is 1.22 bits per heavy atom. The Labute approximate surface area is 136 Å². The lowest BCUT2D eigenvalue weighted by Gasteiger charge is -2.33. The van der Waals surface area contributed by atoms with Crippen LogP contribution in [-0.2, 0) is 16.0 Å². The van der Waals surface area contributed by atoms with Crippen LogP contribution >= 0.6 is 0 Å². The van der Waals surface area contributed by atoms with Crippen LogP contribution in [0.2, 0.25) is 0 Å². The lowest BCUT2D eigenvalue weighted by Crippen LogP contribution is -2.44. The summed E-state index contributed by atoms with van der Waals surface area (Å²) in [5.41, 5.74) is 0.801. The number of esters is 1. The van der Waals surface area contributed by atoms with E-state index in [1.807, 2.05) is 25.1 Å². The first-order valence-corrected chi connectivity index (χ1v) is 8.15. The minimum atomic E-state index is -0.222. The van der Waals surface area contributed by atoms with Crippen molar-refractivity contribution in [3.8, 4) is 0 Å². The van der Waals surface area contributed by atoms with Gasteiger partial charge in [0.15, 0.2) is 0 Å². The van der Waals surface area contributed by atoms with Crippen LogP contribution in [0.15, 0.2) is 30.3 Å². The lowest BCUT2D eigenvalue weighted by atomic mass is 10.1. The smallest absolute Gasteiger partial charge is 0.311 e. The predicted octanol–water partition coefficient (Wildman–Crippen LogP) is 2.09. The lowest BCUT2D eigenvalue weighted by molar-refractivity contribution is -0.142.